The zero-order valence-corrected chi connectivity index (χ0v) is 13.6. The first kappa shape index (κ1) is 16.3. The Morgan fingerprint density at radius 2 is 2.00 bits per heavy atom. The van der Waals surface area contributed by atoms with E-state index in [0.29, 0.717) is 18.4 Å². The molecular formula is C18H29NO2. The van der Waals surface area contributed by atoms with Crippen LogP contribution in [0.3, 0.4) is 0 Å². The van der Waals surface area contributed by atoms with Crippen molar-refractivity contribution < 1.29 is 9.15 Å². The molecule has 21 heavy (non-hydrogen) atoms. The van der Waals surface area contributed by atoms with Gasteiger partial charge < -0.3 is 14.5 Å². The molecule has 0 fully saturated rings. The minimum Gasteiger partial charge on any atom is -0.462 e. The SMILES string of the molecule is CC(C)CNCc1ccc(COCC2CC=CCC2C)o1. The third kappa shape index (κ3) is 5.68. The number of furan rings is 1. The van der Waals surface area contributed by atoms with Gasteiger partial charge in [0.25, 0.3) is 0 Å². The molecule has 0 amide bonds. The van der Waals surface area contributed by atoms with Crippen molar-refractivity contribution in [3.8, 4) is 0 Å². The van der Waals surface area contributed by atoms with Gasteiger partial charge >= 0.3 is 0 Å². The Bertz CT molecular complexity index is 436. The molecule has 1 aromatic rings. The summed E-state index contributed by atoms with van der Waals surface area (Å²) in [7, 11) is 0. The molecule has 0 aliphatic heterocycles. The lowest BCUT2D eigenvalue weighted by atomic mass is 9.85. The summed E-state index contributed by atoms with van der Waals surface area (Å²) in [6.45, 7) is 9.93. The summed E-state index contributed by atoms with van der Waals surface area (Å²) in [5.74, 6) is 3.95. The van der Waals surface area contributed by atoms with Crippen LogP contribution in [0.5, 0.6) is 0 Å². The highest BCUT2D eigenvalue weighted by molar-refractivity contribution is 5.06. The molecule has 1 heterocycles. The fraction of sp³-hybridized carbons (Fsp3) is 0.667. The van der Waals surface area contributed by atoms with Gasteiger partial charge in [0.2, 0.25) is 0 Å². The molecule has 1 aliphatic carbocycles. The zero-order chi connectivity index (χ0) is 15.1. The Hall–Kier alpha value is -1.06. The van der Waals surface area contributed by atoms with Crippen molar-refractivity contribution in [1.29, 1.82) is 0 Å². The van der Waals surface area contributed by atoms with Gasteiger partial charge in [-0.2, -0.15) is 0 Å². The third-order valence-corrected chi connectivity index (χ3v) is 4.06. The van der Waals surface area contributed by atoms with Crippen LogP contribution in [-0.4, -0.2) is 13.2 Å². The molecule has 1 N–H and O–H groups in total. The van der Waals surface area contributed by atoms with Gasteiger partial charge in [-0.1, -0.05) is 32.9 Å². The molecule has 0 bridgehead atoms. The van der Waals surface area contributed by atoms with Gasteiger partial charge in [-0.05, 0) is 49.3 Å². The van der Waals surface area contributed by atoms with E-state index in [4.69, 9.17) is 9.15 Å². The third-order valence-electron chi connectivity index (χ3n) is 4.06. The number of ether oxygens (including phenoxy) is 1. The Kier molecular flexibility index (Phi) is 6.52. The summed E-state index contributed by atoms with van der Waals surface area (Å²) in [6.07, 6.45) is 6.88. The van der Waals surface area contributed by atoms with Gasteiger partial charge in [0.1, 0.15) is 18.1 Å². The molecule has 0 saturated carbocycles. The summed E-state index contributed by atoms with van der Waals surface area (Å²) in [4.78, 5) is 0. The predicted molar refractivity (Wildman–Crippen MR) is 85.9 cm³/mol. The maximum absolute atomic E-state index is 5.84. The van der Waals surface area contributed by atoms with E-state index in [-0.39, 0.29) is 0 Å². The van der Waals surface area contributed by atoms with E-state index in [1.807, 2.05) is 12.1 Å². The van der Waals surface area contributed by atoms with Crippen molar-refractivity contribution >= 4 is 0 Å². The smallest absolute Gasteiger partial charge is 0.129 e. The second-order valence-corrected chi connectivity index (χ2v) is 6.59. The van der Waals surface area contributed by atoms with E-state index in [0.717, 1.165) is 43.6 Å². The fourth-order valence-corrected chi connectivity index (χ4v) is 2.63. The highest BCUT2D eigenvalue weighted by Crippen LogP contribution is 2.25. The molecule has 1 aliphatic rings. The first-order valence-corrected chi connectivity index (χ1v) is 8.16. The Morgan fingerprint density at radius 3 is 2.76 bits per heavy atom. The van der Waals surface area contributed by atoms with Crippen LogP contribution in [0.1, 0.15) is 45.1 Å². The number of rotatable bonds is 8. The van der Waals surface area contributed by atoms with Crippen LogP contribution in [0.4, 0.5) is 0 Å². The number of nitrogens with one attached hydrogen (secondary N) is 1. The van der Waals surface area contributed by atoms with Gasteiger partial charge in [-0.3, -0.25) is 0 Å². The molecule has 0 saturated heterocycles. The van der Waals surface area contributed by atoms with Gasteiger partial charge in [0.05, 0.1) is 13.2 Å². The average molecular weight is 291 g/mol. The van der Waals surface area contributed by atoms with Crippen molar-refractivity contribution in [3.63, 3.8) is 0 Å². The fourth-order valence-electron chi connectivity index (χ4n) is 2.63. The van der Waals surface area contributed by atoms with E-state index in [1.54, 1.807) is 0 Å². The van der Waals surface area contributed by atoms with Crippen LogP contribution in [0.25, 0.3) is 0 Å². The van der Waals surface area contributed by atoms with Gasteiger partial charge in [0, 0.05) is 0 Å². The van der Waals surface area contributed by atoms with Crippen LogP contribution in [0.2, 0.25) is 0 Å². The molecule has 0 radical (unpaired) electrons. The van der Waals surface area contributed by atoms with Crippen molar-refractivity contribution in [2.24, 2.45) is 17.8 Å². The molecule has 2 unspecified atom stereocenters. The van der Waals surface area contributed by atoms with Crippen LogP contribution in [-0.2, 0) is 17.9 Å². The maximum atomic E-state index is 5.84. The highest BCUT2D eigenvalue weighted by atomic mass is 16.5. The number of allylic oxidation sites excluding steroid dienone is 2. The molecule has 2 atom stereocenters. The van der Waals surface area contributed by atoms with E-state index in [1.165, 1.54) is 6.42 Å². The van der Waals surface area contributed by atoms with Crippen LogP contribution in [0.15, 0.2) is 28.7 Å². The molecule has 2 rings (SSSR count). The van der Waals surface area contributed by atoms with E-state index in [2.05, 4.69) is 38.2 Å². The maximum Gasteiger partial charge on any atom is 0.129 e. The number of hydrogen-bond donors (Lipinski definition) is 1. The minimum atomic E-state index is 0.580. The summed E-state index contributed by atoms with van der Waals surface area (Å²) < 4.78 is 11.6. The minimum absolute atomic E-state index is 0.580. The standard InChI is InChI=1S/C18H29NO2/c1-14(2)10-19-11-17-8-9-18(21-17)13-20-12-16-7-5-4-6-15(16)3/h4-5,8-9,14-16,19H,6-7,10-13H2,1-3H3. The van der Waals surface area contributed by atoms with E-state index in [9.17, 15) is 0 Å². The van der Waals surface area contributed by atoms with Gasteiger partial charge in [-0.25, -0.2) is 0 Å². The predicted octanol–water partition coefficient (Wildman–Crippen LogP) is 4.14. The highest BCUT2D eigenvalue weighted by Gasteiger charge is 2.18. The van der Waals surface area contributed by atoms with E-state index >= 15 is 0 Å². The quantitative estimate of drug-likeness (QED) is 0.731. The summed E-state index contributed by atoms with van der Waals surface area (Å²) in [6, 6.07) is 4.06. The molecule has 3 nitrogen and oxygen atoms in total. The largest absolute Gasteiger partial charge is 0.462 e. The topological polar surface area (TPSA) is 34.4 Å². The molecule has 0 aromatic carbocycles. The van der Waals surface area contributed by atoms with Gasteiger partial charge in [0.15, 0.2) is 0 Å². The Labute approximate surface area is 128 Å². The monoisotopic (exact) mass is 291 g/mol. The summed E-state index contributed by atoms with van der Waals surface area (Å²) in [5, 5.41) is 3.39. The second kappa shape index (κ2) is 8.40. The van der Waals surface area contributed by atoms with Crippen LogP contribution >= 0.6 is 0 Å². The first-order chi connectivity index (χ1) is 10.1. The second-order valence-electron chi connectivity index (χ2n) is 6.59. The zero-order valence-electron chi connectivity index (χ0n) is 13.6. The lowest BCUT2D eigenvalue weighted by Gasteiger charge is -2.24. The molecule has 3 heteroatoms. The summed E-state index contributed by atoms with van der Waals surface area (Å²) in [5.41, 5.74) is 0. The summed E-state index contributed by atoms with van der Waals surface area (Å²) >= 11 is 0. The molecule has 0 spiro atoms. The Balaban J connectivity index is 1.67. The van der Waals surface area contributed by atoms with Crippen molar-refractivity contribution in [2.75, 3.05) is 13.2 Å². The van der Waals surface area contributed by atoms with Crippen LogP contribution < -0.4 is 5.32 Å². The molecule has 118 valence electrons. The van der Waals surface area contributed by atoms with Gasteiger partial charge in [-0.15, -0.1) is 0 Å². The molecule has 1 aromatic heterocycles. The Morgan fingerprint density at radius 1 is 1.24 bits per heavy atom. The van der Waals surface area contributed by atoms with Crippen molar-refractivity contribution in [1.82, 2.24) is 5.32 Å². The van der Waals surface area contributed by atoms with Crippen LogP contribution in [0, 0.1) is 17.8 Å². The molecular weight excluding hydrogens is 262 g/mol. The number of hydrogen-bond acceptors (Lipinski definition) is 3. The van der Waals surface area contributed by atoms with E-state index < -0.39 is 0 Å². The lowest BCUT2D eigenvalue weighted by molar-refractivity contribution is 0.0577. The normalized spacial score (nSPS) is 22.1. The first-order valence-electron chi connectivity index (χ1n) is 8.16. The average Bonchev–Trinajstić information content (AvgIpc) is 2.88. The lowest BCUT2D eigenvalue weighted by Crippen LogP contribution is -2.19. The van der Waals surface area contributed by atoms with Crippen molar-refractivity contribution in [2.45, 2.75) is 46.8 Å². The van der Waals surface area contributed by atoms with Crippen molar-refractivity contribution in [3.05, 3.63) is 35.8 Å².